The van der Waals surface area contributed by atoms with Gasteiger partial charge in [0, 0.05) is 17.8 Å². The average molecular weight is 389 g/mol. The maximum atomic E-state index is 6.01. The third-order valence-electron chi connectivity index (χ3n) is 3.84. The van der Waals surface area contributed by atoms with E-state index in [1.54, 1.807) is 24.3 Å². The summed E-state index contributed by atoms with van der Waals surface area (Å²) in [7, 11) is 0. The molecule has 3 N–H and O–H groups in total. The van der Waals surface area contributed by atoms with Crippen molar-refractivity contribution in [3.05, 3.63) is 63.6 Å². The summed E-state index contributed by atoms with van der Waals surface area (Å²) in [4.78, 5) is 8.31. The molecular weight excluding hydrogens is 371 g/mol. The van der Waals surface area contributed by atoms with Crippen molar-refractivity contribution in [2.24, 2.45) is 0 Å². The molecule has 7 heteroatoms. The van der Waals surface area contributed by atoms with Crippen LogP contribution < -0.4 is 15.8 Å². The highest BCUT2D eigenvalue weighted by molar-refractivity contribution is 6.42. The smallest absolute Gasteiger partial charge is 0.226 e. The van der Waals surface area contributed by atoms with Crippen LogP contribution in [-0.4, -0.2) is 9.97 Å². The van der Waals surface area contributed by atoms with Crippen LogP contribution in [-0.2, 0) is 6.42 Å². The summed E-state index contributed by atoms with van der Waals surface area (Å²) in [6.07, 6.45) is 0.957. The Labute approximate surface area is 162 Å². The zero-order chi connectivity index (χ0) is 18.7. The molecule has 0 amide bonds. The second-order valence-electron chi connectivity index (χ2n) is 5.75. The molecule has 26 heavy (non-hydrogen) atoms. The number of hydrogen-bond acceptors (Lipinski definition) is 5. The van der Waals surface area contributed by atoms with E-state index in [1.165, 1.54) is 11.1 Å². The molecule has 0 radical (unpaired) electrons. The van der Waals surface area contributed by atoms with E-state index >= 15 is 0 Å². The van der Waals surface area contributed by atoms with E-state index in [4.69, 9.17) is 33.7 Å². The molecule has 0 unspecified atom stereocenters. The number of nitrogens with zero attached hydrogens (tertiary/aromatic N) is 2. The van der Waals surface area contributed by atoms with Gasteiger partial charge in [-0.05, 0) is 48.7 Å². The molecule has 1 aromatic heterocycles. The highest BCUT2D eigenvalue weighted by Crippen LogP contribution is 2.30. The Balaban J connectivity index is 1.84. The molecule has 1 heterocycles. The lowest BCUT2D eigenvalue weighted by Gasteiger charge is -2.11. The van der Waals surface area contributed by atoms with E-state index in [1.807, 2.05) is 6.07 Å². The van der Waals surface area contributed by atoms with Crippen LogP contribution in [0.25, 0.3) is 0 Å². The summed E-state index contributed by atoms with van der Waals surface area (Å²) in [5, 5.41) is 4.09. The standard InChI is InChI=1S/C19H18Cl2N4O/c1-3-12-8-13(5-4-11(12)2)23-17-10-18(25-19(22)24-17)26-14-6-7-15(20)16(21)9-14/h4-10H,3H2,1-2H3,(H3,22,23,24,25). The quantitative estimate of drug-likeness (QED) is 0.579. The number of benzene rings is 2. The normalized spacial score (nSPS) is 10.6. The second kappa shape index (κ2) is 7.81. The van der Waals surface area contributed by atoms with Crippen molar-refractivity contribution < 1.29 is 4.74 Å². The number of ether oxygens (including phenoxy) is 1. The molecule has 0 saturated carbocycles. The Hall–Kier alpha value is -2.50. The third-order valence-corrected chi connectivity index (χ3v) is 4.57. The molecule has 0 saturated heterocycles. The molecule has 0 aliphatic rings. The van der Waals surface area contributed by atoms with Gasteiger partial charge < -0.3 is 15.8 Å². The van der Waals surface area contributed by atoms with E-state index in [0.29, 0.717) is 27.5 Å². The first-order valence-corrected chi connectivity index (χ1v) is 8.84. The SMILES string of the molecule is CCc1cc(Nc2cc(Oc3ccc(Cl)c(Cl)c3)nc(N)n2)ccc1C. The summed E-state index contributed by atoms with van der Waals surface area (Å²) in [5.41, 5.74) is 9.26. The number of rotatable bonds is 5. The van der Waals surface area contributed by atoms with Crippen LogP contribution in [0, 0.1) is 6.92 Å². The Bertz CT molecular complexity index is 947. The molecule has 134 valence electrons. The first-order valence-electron chi connectivity index (χ1n) is 8.08. The molecule has 5 nitrogen and oxygen atoms in total. The van der Waals surface area contributed by atoms with Gasteiger partial charge in [0.2, 0.25) is 11.8 Å². The predicted octanol–water partition coefficient (Wildman–Crippen LogP) is 5.77. The maximum absolute atomic E-state index is 6.01. The van der Waals surface area contributed by atoms with Crippen LogP contribution in [0.1, 0.15) is 18.1 Å². The minimum atomic E-state index is 0.105. The van der Waals surface area contributed by atoms with Gasteiger partial charge in [-0.15, -0.1) is 0 Å². The van der Waals surface area contributed by atoms with Gasteiger partial charge in [0.1, 0.15) is 11.6 Å². The van der Waals surface area contributed by atoms with Crippen LogP contribution in [0.5, 0.6) is 11.6 Å². The van der Waals surface area contributed by atoms with Gasteiger partial charge in [-0.2, -0.15) is 9.97 Å². The average Bonchev–Trinajstić information content (AvgIpc) is 2.59. The molecule has 3 rings (SSSR count). The van der Waals surface area contributed by atoms with Gasteiger partial charge >= 0.3 is 0 Å². The first-order chi connectivity index (χ1) is 12.4. The molecule has 0 bridgehead atoms. The van der Waals surface area contributed by atoms with Crippen molar-refractivity contribution in [1.29, 1.82) is 0 Å². The van der Waals surface area contributed by atoms with Gasteiger partial charge in [-0.25, -0.2) is 0 Å². The van der Waals surface area contributed by atoms with Gasteiger partial charge in [-0.1, -0.05) is 36.2 Å². The highest BCUT2D eigenvalue weighted by atomic mass is 35.5. The third kappa shape index (κ3) is 4.36. The van der Waals surface area contributed by atoms with Crippen LogP contribution in [0.4, 0.5) is 17.5 Å². The lowest BCUT2D eigenvalue weighted by molar-refractivity contribution is 0.463. The molecule has 3 aromatic rings. The number of nitrogens with one attached hydrogen (secondary N) is 1. The van der Waals surface area contributed by atoms with Crippen LogP contribution in [0.2, 0.25) is 10.0 Å². The van der Waals surface area contributed by atoms with E-state index < -0.39 is 0 Å². The monoisotopic (exact) mass is 388 g/mol. The molecular formula is C19H18Cl2N4O. The number of anilines is 3. The lowest BCUT2D eigenvalue weighted by Crippen LogP contribution is -2.02. The zero-order valence-corrected chi connectivity index (χ0v) is 15.9. The molecule has 0 spiro atoms. The fourth-order valence-corrected chi connectivity index (χ4v) is 2.79. The summed E-state index contributed by atoms with van der Waals surface area (Å²) in [5.74, 6) is 1.46. The minimum absolute atomic E-state index is 0.105. The molecule has 0 aliphatic carbocycles. The highest BCUT2D eigenvalue weighted by Gasteiger charge is 2.08. The van der Waals surface area contributed by atoms with Crippen molar-refractivity contribution >= 4 is 40.7 Å². The van der Waals surface area contributed by atoms with Crippen molar-refractivity contribution in [1.82, 2.24) is 9.97 Å². The molecule has 0 fully saturated rings. The van der Waals surface area contributed by atoms with E-state index in [-0.39, 0.29) is 5.95 Å². The van der Waals surface area contributed by atoms with Crippen molar-refractivity contribution in [2.75, 3.05) is 11.1 Å². The number of hydrogen-bond donors (Lipinski definition) is 2. The van der Waals surface area contributed by atoms with E-state index in [9.17, 15) is 0 Å². The molecule has 0 atom stereocenters. The number of aromatic nitrogens is 2. The summed E-state index contributed by atoms with van der Waals surface area (Å²) in [6.45, 7) is 4.21. The number of halogens is 2. The largest absolute Gasteiger partial charge is 0.439 e. The fraction of sp³-hybridized carbons (Fsp3) is 0.158. The van der Waals surface area contributed by atoms with Crippen molar-refractivity contribution in [2.45, 2.75) is 20.3 Å². The van der Waals surface area contributed by atoms with E-state index in [0.717, 1.165) is 12.1 Å². The Kier molecular flexibility index (Phi) is 5.49. The number of aryl methyl sites for hydroxylation is 2. The second-order valence-corrected chi connectivity index (χ2v) is 6.56. The van der Waals surface area contributed by atoms with Crippen LogP contribution >= 0.6 is 23.2 Å². The maximum Gasteiger partial charge on any atom is 0.226 e. The van der Waals surface area contributed by atoms with Crippen molar-refractivity contribution in [3.63, 3.8) is 0 Å². The number of nitrogens with two attached hydrogens (primary N) is 1. The van der Waals surface area contributed by atoms with Crippen LogP contribution in [0.15, 0.2) is 42.5 Å². The van der Waals surface area contributed by atoms with Gasteiger partial charge in [0.05, 0.1) is 10.0 Å². The first kappa shape index (κ1) is 18.3. The van der Waals surface area contributed by atoms with Crippen molar-refractivity contribution in [3.8, 4) is 11.6 Å². The summed E-state index contributed by atoms with van der Waals surface area (Å²) < 4.78 is 5.72. The Morgan fingerprint density at radius 3 is 2.58 bits per heavy atom. The summed E-state index contributed by atoms with van der Waals surface area (Å²) >= 11 is 11.9. The van der Waals surface area contributed by atoms with Crippen LogP contribution in [0.3, 0.4) is 0 Å². The molecule has 2 aromatic carbocycles. The number of nitrogen functional groups attached to an aromatic ring is 1. The topological polar surface area (TPSA) is 73.1 Å². The minimum Gasteiger partial charge on any atom is -0.439 e. The lowest BCUT2D eigenvalue weighted by atomic mass is 10.1. The molecule has 0 aliphatic heterocycles. The predicted molar refractivity (Wildman–Crippen MR) is 107 cm³/mol. The Morgan fingerprint density at radius 1 is 1.04 bits per heavy atom. The zero-order valence-electron chi connectivity index (χ0n) is 14.4. The van der Waals surface area contributed by atoms with Gasteiger partial charge in [-0.3, -0.25) is 0 Å². The fourth-order valence-electron chi connectivity index (χ4n) is 2.50. The van der Waals surface area contributed by atoms with E-state index in [2.05, 4.69) is 41.3 Å². The Morgan fingerprint density at radius 2 is 1.85 bits per heavy atom. The van der Waals surface area contributed by atoms with Gasteiger partial charge in [0.25, 0.3) is 0 Å². The van der Waals surface area contributed by atoms with Gasteiger partial charge in [0.15, 0.2) is 0 Å². The summed E-state index contributed by atoms with van der Waals surface area (Å²) in [6, 6.07) is 12.8.